The smallest absolute Gasteiger partial charge is 0.323 e. The number of benzene rings is 2. The molecule has 58 heavy (non-hydrogen) atoms. The molecule has 2 aliphatic rings. The van der Waals surface area contributed by atoms with Gasteiger partial charge in [0.1, 0.15) is 6.04 Å². The molecule has 19 nitrogen and oxygen atoms in total. The zero-order valence-corrected chi connectivity index (χ0v) is 32.7. The number of nitrogens with one attached hydrogen (secondary N) is 3. The molecule has 0 aliphatic carbocycles. The summed E-state index contributed by atoms with van der Waals surface area (Å²) in [4.78, 5) is 68.6. The summed E-state index contributed by atoms with van der Waals surface area (Å²) in [7, 11) is 0. The maximum absolute atomic E-state index is 13.4. The molecule has 19 heteroatoms. The molecule has 2 heterocycles. The molecule has 4 rings (SSSR count). The Hall–Kier alpha value is -5.30. The van der Waals surface area contributed by atoms with Gasteiger partial charge in [-0.2, -0.15) is 0 Å². The predicted molar refractivity (Wildman–Crippen MR) is 211 cm³/mol. The summed E-state index contributed by atoms with van der Waals surface area (Å²) in [5.41, 5.74) is 10.8. The molecule has 0 spiro atoms. The first kappa shape index (κ1) is 45.4. The van der Waals surface area contributed by atoms with Gasteiger partial charge in [0.25, 0.3) is 0 Å². The quantitative estimate of drug-likeness (QED) is 0.0519. The van der Waals surface area contributed by atoms with Crippen molar-refractivity contribution in [2.45, 2.75) is 44.7 Å². The summed E-state index contributed by atoms with van der Waals surface area (Å²) in [6.45, 7) is 5.28. The number of rotatable bonds is 24. The molecule has 0 bridgehead atoms. The van der Waals surface area contributed by atoms with E-state index in [-0.39, 0.29) is 56.1 Å². The summed E-state index contributed by atoms with van der Waals surface area (Å²) in [5, 5.41) is 20.8. The minimum atomic E-state index is -0.836. The van der Waals surface area contributed by atoms with E-state index < -0.39 is 18.0 Å². The fourth-order valence-electron chi connectivity index (χ4n) is 6.27. The molecule has 4 N–H and O–H groups in total. The molecule has 2 fully saturated rings. The number of aliphatic carboxylic acids is 1. The average Bonchev–Trinajstić information content (AvgIpc) is 3.22. The number of carboxylic acids is 1. The Kier molecular flexibility index (Phi) is 20.2. The van der Waals surface area contributed by atoms with E-state index >= 15 is 0 Å². The number of piperidine rings is 1. The first-order valence-corrected chi connectivity index (χ1v) is 19.4. The molecular weight excluding hydrogens is 756 g/mol. The van der Waals surface area contributed by atoms with E-state index in [0.29, 0.717) is 110 Å². The van der Waals surface area contributed by atoms with Gasteiger partial charge in [-0.05, 0) is 59.7 Å². The van der Waals surface area contributed by atoms with Gasteiger partial charge < -0.3 is 54.5 Å². The number of carboxylic acid groups (broad SMARTS) is 1. The van der Waals surface area contributed by atoms with Crippen molar-refractivity contribution in [2.24, 2.45) is 11.0 Å². The topological polar surface area (TPSA) is 243 Å². The fraction of sp³-hybridized carbons (Fsp3) is 0.564. The molecule has 1 atom stereocenters. The zero-order valence-electron chi connectivity index (χ0n) is 32.7. The second-order valence-electron chi connectivity index (χ2n) is 13.6. The number of nitrogens with zero attached hydrogens (tertiary/aromatic N) is 5. The van der Waals surface area contributed by atoms with Crippen LogP contribution in [0.25, 0.3) is 10.4 Å². The van der Waals surface area contributed by atoms with E-state index in [4.69, 9.17) is 34.3 Å². The molecule has 2 aromatic rings. The maximum Gasteiger partial charge on any atom is 0.323 e. The van der Waals surface area contributed by atoms with E-state index in [0.717, 1.165) is 11.1 Å². The van der Waals surface area contributed by atoms with Gasteiger partial charge in [-0.3, -0.25) is 19.2 Å². The second kappa shape index (κ2) is 25.9. The molecule has 0 saturated carbocycles. The van der Waals surface area contributed by atoms with E-state index in [1.54, 1.807) is 58.3 Å². The first-order chi connectivity index (χ1) is 28.2. The summed E-state index contributed by atoms with van der Waals surface area (Å²) in [6, 6.07) is 12.8. The highest BCUT2D eigenvalue weighted by Crippen LogP contribution is 2.23. The van der Waals surface area contributed by atoms with Gasteiger partial charge in [-0.1, -0.05) is 29.4 Å². The van der Waals surface area contributed by atoms with Crippen molar-refractivity contribution in [3.63, 3.8) is 0 Å². The summed E-state index contributed by atoms with van der Waals surface area (Å²) >= 11 is 0. The van der Waals surface area contributed by atoms with Crippen molar-refractivity contribution in [2.75, 3.05) is 103 Å². The third-order valence-corrected chi connectivity index (χ3v) is 9.38. The summed E-state index contributed by atoms with van der Waals surface area (Å²) < 4.78 is 27.0. The van der Waals surface area contributed by atoms with Crippen LogP contribution in [0.4, 0.5) is 16.2 Å². The number of morpholine rings is 1. The Labute approximate surface area is 337 Å². The van der Waals surface area contributed by atoms with Crippen LogP contribution in [-0.4, -0.2) is 143 Å². The number of likely N-dealkylation sites (tertiary alicyclic amines) is 1. The van der Waals surface area contributed by atoms with Crippen LogP contribution in [-0.2, 0) is 55.8 Å². The Balaban J connectivity index is 1.06. The maximum atomic E-state index is 13.4. The SMILES string of the molecule is [N-]=[N+]=NCCOCCOCCOCCOCCC(=O)NCc1ccc(NC(=O)Nc2ccc(CC(=O)N3CCOC[C@H]3C(=O)N3CCC(CC(=O)O)CC3)cc2)cc1. The lowest BCUT2D eigenvalue weighted by Crippen LogP contribution is -2.58. The molecule has 0 aromatic heterocycles. The number of ether oxygens (including phenoxy) is 5. The lowest BCUT2D eigenvalue weighted by atomic mass is 9.93. The van der Waals surface area contributed by atoms with Gasteiger partial charge in [-0.25, -0.2) is 4.79 Å². The number of azide groups is 1. The second-order valence-corrected chi connectivity index (χ2v) is 13.6. The number of carbonyl (C=O) groups excluding carboxylic acids is 4. The van der Waals surface area contributed by atoms with Crippen LogP contribution in [0.15, 0.2) is 53.6 Å². The monoisotopic (exact) mass is 810 g/mol. The third kappa shape index (κ3) is 17.1. The lowest BCUT2D eigenvalue weighted by molar-refractivity contribution is -0.154. The zero-order chi connectivity index (χ0) is 41.4. The molecule has 0 radical (unpaired) electrons. The van der Waals surface area contributed by atoms with Gasteiger partial charge in [0, 0.05) is 61.9 Å². The number of hydrogen-bond acceptors (Lipinski definition) is 11. The molecule has 2 saturated heterocycles. The van der Waals surface area contributed by atoms with Crippen LogP contribution in [0.5, 0.6) is 0 Å². The standard InChI is InChI=1S/C39H54N8O11/c40-45-42-12-17-55-20-22-57-24-23-56-21-19-54-16-11-35(48)41-27-31-3-7-33(8-4-31)44-39(53)43-32-5-1-29(2-6-32)25-36(49)47-15-18-58-28-34(47)38(52)46-13-9-30(10-14-46)26-37(50)51/h1-8,30,34H,9-28H2,(H,41,48)(H,50,51)(H2,43,44,53)/t34-/m0/s1. The van der Waals surface area contributed by atoms with E-state index in [2.05, 4.69) is 26.0 Å². The lowest BCUT2D eigenvalue weighted by Gasteiger charge is -2.39. The van der Waals surface area contributed by atoms with Gasteiger partial charge in [0.2, 0.25) is 17.7 Å². The van der Waals surface area contributed by atoms with Crippen LogP contribution in [0.2, 0.25) is 0 Å². The van der Waals surface area contributed by atoms with E-state index in [1.807, 2.05) is 0 Å². The van der Waals surface area contributed by atoms with Crippen LogP contribution in [0, 0.1) is 5.92 Å². The number of carbonyl (C=O) groups is 5. The van der Waals surface area contributed by atoms with Crippen molar-refractivity contribution in [3.8, 4) is 0 Å². The first-order valence-electron chi connectivity index (χ1n) is 19.4. The number of anilines is 2. The van der Waals surface area contributed by atoms with Crippen molar-refractivity contribution < 1.29 is 52.8 Å². The predicted octanol–water partition coefficient (Wildman–Crippen LogP) is 3.20. The fourth-order valence-corrected chi connectivity index (χ4v) is 6.27. The van der Waals surface area contributed by atoms with Gasteiger partial charge in [0.05, 0.1) is 72.5 Å². The summed E-state index contributed by atoms with van der Waals surface area (Å²) in [6.07, 6.45) is 1.60. The normalized spacial score (nSPS) is 15.6. The molecule has 5 amide bonds. The van der Waals surface area contributed by atoms with Gasteiger partial charge >= 0.3 is 12.0 Å². The molecule has 0 unspecified atom stereocenters. The third-order valence-electron chi connectivity index (χ3n) is 9.38. The van der Waals surface area contributed by atoms with Crippen LogP contribution in [0.3, 0.4) is 0 Å². The van der Waals surface area contributed by atoms with Gasteiger partial charge in [-0.15, -0.1) is 0 Å². The average molecular weight is 811 g/mol. The highest BCUT2D eigenvalue weighted by molar-refractivity contribution is 5.99. The Bertz CT molecular complexity index is 1650. The van der Waals surface area contributed by atoms with Crippen molar-refractivity contribution in [1.29, 1.82) is 0 Å². The summed E-state index contributed by atoms with van der Waals surface area (Å²) in [5.74, 6) is -1.32. The Morgan fingerprint density at radius 2 is 1.36 bits per heavy atom. The molecular formula is C39H54N8O11. The largest absolute Gasteiger partial charge is 0.481 e. The number of hydrogen-bond donors (Lipinski definition) is 4. The molecule has 2 aromatic carbocycles. The minimum Gasteiger partial charge on any atom is -0.481 e. The minimum absolute atomic E-state index is 0.0438. The van der Waals surface area contributed by atoms with Crippen LogP contribution in [0.1, 0.15) is 36.8 Å². The Morgan fingerprint density at radius 1 is 0.793 bits per heavy atom. The van der Waals surface area contributed by atoms with Crippen molar-refractivity contribution in [1.82, 2.24) is 15.1 Å². The van der Waals surface area contributed by atoms with Crippen LogP contribution >= 0.6 is 0 Å². The number of urea groups is 1. The van der Waals surface area contributed by atoms with Gasteiger partial charge in [0.15, 0.2) is 0 Å². The molecule has 316 valence electrons. The molecule has 2 aliphatic heterocycles. The number of amides is 5. The van der Waals surface area contributed by atoms with E-state index in [9.17, 15) is 24.0 Å². The highest BCUT2D eigenvalue weighted by atomic mass is 16.6. The van der Waals surface area contributed by atoms with E-state index in [1.165, 1.54) is 0 Å². The van der Waals surface area contributed by atoms with Crippen molar-refractivity contribution in [3.05, 3.63) is 70.1 Å². The van der Waals surface area contributed by atoms with Crippen molar-refractivity contribution >= 4 is 41.1 Å². The Morgan fingerprint density at radius 3 is 1.95 bits per heavy atom. The van der Waals surface area contributed by atoms with Crippen LogP contribution < -0.4 is 16.0 Å². The highest BCUT2D eigenvalue weighted by Gasteiger charge is 2.36.